The Balaban J connectivity index is 1.50. The second kappa shape index (κ2) is 19.2. The number of likely N-dealkylation sites (N-methyl/N-ethyl adjacent to an activating group) is 1. The van der Waals surface area contributed by atoms with Crippen LogP contribution in [0.5, 0.6) is 17.2 Å². The molecule has 2 amide bonds. The minimum Gasteiger partial charge on any atom is -0.423 e. The van der Waals surface area contributed by atoms with Gasteiger partial charge < -0.3 is 9.47 Å². The van der Waals surface area contributed by atoms with Gasteiger partial charge in [-0.15, -0.1) is 0 Å². The van der Waals surface area contributed by atoms with Crippen molar-refractivity contribution >= 4 is 60.8 Å². The van der Waals surface area contributed by atoms with E-state index in [0.29, 0.717) is 13.0 Å². The average molecular weight is 836 g/mol. The zero-order valence-corrected chi connectivity index (χ0v) is 35.0. The van der Waals surface area contributed by atoms with Gasteiger partial charge in [0.15, 0.2) is 5.75 Å². The Morgan fingerprint density at radius 1 is 0.600 bits per heavy atom. The minimum atomic E-state index is -3.05. The van der Waals surface area contributed by atoms with Gasteiger partial charge in [0.2, 0.25) is 0 Å². The van der Waals surface area contributed by atoms with Gasteiger partial charge in [-0.3, -0.25) is 9.59 Å². The zero-order valence-electron chi connectivity index (χ0n) is 32.5. The van der Waals surface area contributed by atoms with E-state index in [1.807, 2.05) is 18.2 Å². The number of rotatable bonds is 16. The molecular formula is C43H52BrN2O8P. The Kier molecular flexibility index (Phi) is 15.0. The maximum absolute atomic E-state index is 13.7. The fourth-order valence-electron chi connectivity index (χ4n) is 6.30. The molecule has 0 aliphatic rings. The van der Waals surface area contributed by atoms with Gasteiger partial charge in [0.25, 0.3) is 0 Å². The molecule has 0 saturated carbocycles. The summed E-state index contributed by atoms with van der Waals surface area (Å²) in [6.07, 6.45) is 3.14. The molecule has 4 aromatic carbocycles. The second-order valence-corrected chi connectivity index (χ2v) is 23.4. The van der Waals surface area contributed by atoms with Gasteiger partial charge >= 0.3 is 269 Å². The number of amides is 2. The van der Waals surface area contributed by atoms with Crippen LogP contribution in [0, 0.1) is 0 Å². The molecule has 0 bridgehead atoms. The van der Waals surface area contributed by atoms with E-state index < -0.39 is 35.0 Å². The third-order valence-electron chi connectivity index (χ3n) is 8.94. The summed E-state index contributed by atoms with van der Waals surface area (Å²) < 4.78 is 21.6. The Hall–Kier alpha value is -4.73. The SMILES string of the molecule is CC(=O)Oc1ccc(OC(=O)N(CCCCCCP(Br)(c2ccccc2)(c2ccccc2)c2ccccc2)CCN(C)C(=O)OC(C)(C)C)cc1OC(C)=O. The molecule has 0 aromatic heterocycles. The first-order valence-electron chi connectivity index (χ1n) is 18.4. The number of nitrogens with zero attached hydrogens (tertiary/aromatic N) is 2. The minimum absolute atomic E-state index is 0.0160. The molecule has 0 N–H and O–H groups in total. The van der Waals surface area contributed by atoms with Crippen LogP contribution in [-0.2, 0) is 14.3 Å². The van der Waals surface area contributed by atoms with Crippen molar-refractivity contribution in [2.24, 2.45) is 0 Å². The quantitative estimate of drug-likeness (QED) is 0.0478. The molecule has 0 atom stereocenters. The number of carbonyl (C=O) groups is 4. The molecule has 294 valence electrons. The Labute approximate surface area is 332 Å². The molecule has 55 heavy (non-hydrogen) atoms. The molecule has 12 heteroatoms. The molecule has 0 unspecified atom stereocenters. The number of hydrogen-bond acceptors (Lipinski definition) is 8. The first-order chi connectivity index (χ1) is 26.1. The van der Waals surface area contributed by atoms with E-state index >= 15 is 0 Å². The van der Waals surface area contributed by atoms with Gasteiger partial charge in [-0.2, -0.15) is 0 Å². The summed E-state index contributed by atoms with van der Waals surface area (Å²) in [4.78, 5) is 52.7. The average Bonchev–Trinajstić information content (AvgIpc) is 3.15. The molecule has 0 aliphatic carbocycles. The first kappa shape index (κ1) is 43.0. The van der Waals surface area contributed by atoms with Crippen LogP contribution in [0.1, 0.15) is 60.3 Å². The maximum atomic E-state index is 13.7. The Morgan fingerprint density at radius 3 is 1.58 bits per heavy atom. The molecule has 0 saturated heterocycles. The van der Waals surface area contributed by atoms with Gasteiger partial charge in [0.1, 0.15) is 5.60 Å². The van der Waals surface area contributed by atoms with E-state index in [0.717, 1.165) is 25.4 Å². The van der Waals surface area contributed by atoms with Crippen molar-refractivity contribution < 1.29 is 38.1 Å². The molecular weight excluding hydrogens is 783 g/mol. The molecule has 4 rings (SSSR count). The van der Waals surface area contributed by atoms with Crippen molar-refractivity contribution in [2.75, 3.05) is 32.8 Å². The van der Waals surface area contributed by atoms with Crippen molar-refractivity contribution in [1.29, 1.82) is 0 Å². The normalized spacial score (nSPS) is 12.1. The predicted octanol–water partition coefficient (Wildman–Crippen LogP) is 8.61. The van der Waals surface area contributed by atoms with E-state index in [2.05, 4.69) is 88.3 Å². The van der Waals surface area contributed by atoms with Crippen molar-refractivity contribution in [3.63, 3.8) is 0 Å². The van der Waals surface area contributed by atoms with E-state index in [4.69, 9.17) is 18.9 Å². The van der Waals surface area contributed by atoms with Crippen molar-refractivity contribution in [3.8, 4) is 17.2 Å². The van der Waals surface area contributed by atoms with Crippen LogP contribution in [0.4, 0.5) is 9.59 Å². The van der Waals surface area contributed by atoms with E-state index in [1.54, 1.807) is 32.7 Å². The topological polar surface area (TPSA) is 112 Å². The van der Waals surface area contributed by atoms with Crippen LogP contribution >= 0.6 is 20.8 Å². The van der Waals surface area contributed by atoms with Crippen LogP contribution in [0.2, 0.25) is 0 Å². The number of unbranched alkanes of at least 4 members (excludes halogenated alkanes) is 3. The Bertz CT molecular complexity index is 1810. The molecule has 0 radical (unpaired) electrons. The number of benzene rings is 4. The van der Waals surface area contributed by atoms with Gasteiger partial charge in [-0.25, -0.2) is 0 Å². The number of esters is 2. The van der Waals surface area contributed by atoms with Gasteiger partial charge in [-0.1, -0.05) is 0 Å². The van der Waals surface area contributed by atoms with Crippen molar-refractivity contribution in [1.82, 2.24) is 9.80 Å². The van der Waals surface area contributed by atoms with Crippen LogP contribution < -0.4 is 30.1 Å². The summed E-state index contributed by atoms with van der Waals surface area (Å²) in [5, 5.41) is 0.761. The summed E-state index contributed by atoms with van der Waals surface area (Å²) in [7, 11) is 1.62. The zero-order chi connectivity index (χ0) is 40.1. The molecule has 10 nitrogen and oxygen atoms in total. The monoisotopic (exact) mass is 834 g/mol. The summed E-state index contributed by atoms with van der Waals surface area (Å²) in [6, 6.07) is 36.3. The van der Waals surface area contributed by atoms with Crippen LogP contribution in [0.3, 0.4) is 0 Å². The number of ether oxygens (including phenoxy) is 4. The molecule has 0 fully saturated rings. The predicted molar refractivity (Wildman–Crippen MR) is 223 cm³/mol. The van der Waals surface area contributed by atoms with Gasteiger partial charge in [0.05, 0.1) is 0 Å². The van der Waals surface area contributed by atoms with Crippen LogP contribution in [0.25, 0.3) is 0 Å². The van der Waals surface area contributed by atoms with E-state index in [9.17, 15) is 19.2 Å². The standard InChI is InChI=1S/C43H52BrN2O8P/c1-33(47)51-39-27-26-35(32-40(39)52-34(2)48)53-42(50)46(30-29-45(6)41(49)54-43(3,4)5)28-18-7-8-19-31-55(44,36-20-12-9-13-21-36,37-22-14-10-15-23-37)38-24-16-11-17-25-38/h9-17,20-27,32H,7-8,18-19,28-31H2,1-6H3. The summed E-state index contributed by atoms with van der Waals surface area (Å²) >= 11 is 4.53. The fraction of sp³-hybridized carbons (Fsp3) is 0.349. The molecule has 0 heterocycles. The van der Waals surface area contributed by atoms with Crippen molar-refractivity contribution in [2.45, 2.75) is 65.9 Å². The second-order valence-electron chi connectivity index (χ2n) is 14.4. The van der Waals surface area contributed by atoms with E-state index in [1.165, 1.54) is 52.9 Å². The first-order valence-corrected chi connectivity index (χ1v) is 22.9. The smallest absolute Gasteiger partial charge is 0.423 e. The third kappa shape index (κ3) is 11.6. The fourth-order valence-corrected chi connectivity index (χ4v) is 14.1. The number of carbonyl (C=O) groups excluding carboxylic acids is 4. The van der Waals surface area contributed by atoms with Crippen molar-refractivity contribution in [3.05, 3.63) is 109 Å². The molecule has 0 aliphatic heterocycles. The van der Waals surface area contributed by atoms with E-state index in [-0.39, 0.29) is 30.3 Å². The number of hydrogen-bond donors (Lipinski definition) is 0. The van der Waals surface area contributed by atoms with Crippen LogP contribution in [-0.4, -0.2) is 72.4 Å². The summed E-state index contributed by atoms with van der Waals surface area (Å²) in [5.74, 6) is -1.19. The summed E-state index contributed by atoms with van der Waals surface area (Å²) in [5.41, 5.74) is -0.669. The Morgan fingerprint density at radius 2 is 1.09 bits per heavy atom. The third-order valence-corrected chi connectivity index (χ3v) is 19.0. The van der Waals surface area contributed by atoms with Crippen LogP contribution in [0.15, 0.2) is 109 Å². The van der Waals surface area contributed by atoms with Gasteiger partial charge in [-0.05, 0) is 20.8 Å². The number of halogens is 1. The molecule has 4 aromatic rings. The van der Waals surface area contributed by atoms with Gasteiger partial charge in [0, 0.05) is 13.8 Å². The summed E-state index contributed by atoms with van der Waals surface area (Å²) in [6.45, 7) is 8.58. The molecule has 0 spiro atoms.